The van der Waals surface area contributed by atoms with Crippen molar-refractivity contribution in [2.45, 2.75) is 26.3 Å². The number of piperazine rings is 1. The smallest absolute Gasteiger partial charge is 0.193 e. The van der Waals surface area contributed by atoms with E-state index in [9.17, 15) is 0 Å². The fraction of sp³-hybridized carbons (Fsp3) is 0.524. The van der Waals surface area contributed by atoms with Gasteiger partial charge in [0.15, 0.2) is 5.96 Å². The van der Waals surface area contributed by atoms with Crippen molar-refractivity contribution in [2.24, 2.45) is 4.99 Å². The van der Waals surface area contributed by atoms with Gasteiger partial charge in [-0.25, -0.2) is 0 Å². The summed E-state index contributed by atoms with van der Waals surface area (Å²) in [6.45, 7) is 8.46. The Labute approximate surface area is 167 Å². The molecule has 1 N–H and O–H groups in total. The Kier molecular flexibility index (Phi) is 7.72. The highest BCUT2D eigenvalue weighted by Crippen LogP contribution is 2.14. The number of hydrogen-bond acceptors (Lipinski definition) is 5. The molecule has 0 atom stereocenters. The first kappa shape index (κ1) is 20.2. The summed E-state index contributed by atoms with van der Waals surface area (Å²) in [5.41, 5.74) is 2.26. The number of nitrogens with one attached hydrogen (secondary N) is 1. The maximum absolute atomic E-state index is 5.72. The minimum absolute atomic E-state index is 0.761. The molecule has 1 saturated heterocycles. The summed E-state index contributed by atoms with van der Waals surface area (Å²) < 4.78 is 10.6. The van der Waals surface area contributed by atoms with Crippen LogP contribution in [0.4, 0.5) is 0 Å². The normalized spacial score (nSPS) is 15.6. The third kappa shape index (κ3) is 5.99. The second kappa shape index (κ2) is 10.7. The van der Waals surface area contributed by atoms with Crippen LogP contribution in [0.25, 0.3) is 0 Å². The molecule has 2 aromatic rings. The highest BCUT2D eigenvalue weighted by Gasteiger charge is 2.20. The fourth-order valence-electron chi connectivity index (χ4n) is 3.33. The van der Waals surface area contributed by atoms with E-state index in [2.05, 4.69) is 50.4 Å². The van der Waals surface area contributed by atoms with Crippen LogP contribution in [0.1, 0.15) is 24.6 Å². The van der Waals surface area contributed by atoms with E-state index in [0.29, 0.717) is 0 Å². The van der Waals surface area contributed by atoms with Crippen molar-refractivity contribution in [3.8, 4) is 5.75 Å². The zero-order valence-electron chi connectivity index (χ0n) is 16.9. The van der Waals surface area contributed by atoms with E-state index in [1.807, 2.05) is 19.2 Å². The minimum atomic E-state index is 0.761. The van der Waals surface area contributed by atoms with Gasteiger partial charge in [-0.15, -0.1) is 0 Å². The van der Waals surface area contributed by atoms with Crippen LogP contribution in [0.3, 0.4) is 0 Å². The van der Waals surface area contributed by atoms with Gasteiger partial charge in [-0.05, 0) is 30.5 Å². The molecule has 1 aromatic carbocycles. The summed E-state index contributed by atoms with van der Waals surface area (Å²) in [6, 6.07) is 10.3. The van der Waals surface area contributed by atoms with Gasteiger partial charge in [0.05, 0.1) is 12.3 Å². The van der Waals surface area contributed by atoms with Gasteiger partial charge < -0.3 is 19.5 Å². The van der Waals surface area contributed by atoms with Gasteiger partial charge in [0.25, 0.3) is 0 Å². The summed E-state index contributed by atoms with van der Waals surface area (Å²) in [5, 5.41) is 7.50. The van der Waals surface area contributed by atoms with E-state index in [0.717, 1.165) is 76.1 Å². The molecule has 7 nitrogen and oxygen atoms in total. The maximum atomic E-state index is 5.72. The molecule has 0 radical (unpaired) electrons. The second-order valence-corrected chi connectivity index (χ2v) is 6.97. The lowest BCUT2D eigenvalue weighted by molar-refractivity contribution is 0.169. The number of rotatable bonds is 8. The molecule has 152 valence electrons. The Morgan fingerprint density at radius 3 is 2.82 bits per heavy atom. The Balaban J connectivity index is 1.41. The van der Waals surface area contributed by atoms with E-state index in [4.69, 9.17) is 9.26 Å². The van der Waals surface area contributed by atoms with E-state index in [1.54, 1.807) is 6.26 Å². The van der Waals surface area contributed by atoms with E-state index in [-0.39, 0.29) is 0 Å². The van der Waals surface area contributed by atoms with Gasteiger partial charge in [-0.3, -0.25) is 9.89 Å². The summed E-state index contributed by atoms with van der Waals surface area (Å²) >= 11 is 0. The van der Waals surface area contributed by atoms with Gasteiger partial charge in [0.1, 0.15) is 12.0 Å². The molecular formula is C21H31N5O2. The zero-order chi connectivity index (χ0) is 19.6. The van der Waals surface area contributed by atoms with Crippen LogP contribution in [0.2, 0.25) is 0 Å². The van der Waals surface area contributed by atoms with Gasteiger partial charge in [0.2, 0.25) is 0 Å². The summed E-state index contributed by atoms with van der Waals surface area (Å²) in [4.78, 5) is 9.17. The summed E-state index contributed by atoms with van der Waals surface area (Å²) in [6.07, 6.45) is 3.59. The molecule has 1 aliphatic rings. The average molecular weight is 386 g/mol. The van der Waals surface area contributed by atoms with Crippen LogP contribution >= 0.6 is 0 Å². The van der Waals surface area contributed by atoms with Crippen LogP contribution in [0.5, 0.6) is 5.75 Å². The largest absolute Gasteiger partial charge is 0.494 e. The predicted molar refractivity (Wildman–Crippen MR) is 111 cm³/mol. The van der Waals surface area contributed by atoms with E-state index in [1.165, 1.54) is 5.56 Å². The molecule has 1 fully saturated rings. The van der Waals surface area contributed by atoms with Gasteiger partial charge in [-0.2, -0.15) is 0 Å². The highest BCUT2D eigenvalue weighted by molar-refractivity contribution is 5.80. The zero-order valence-corrected chi connectivity index (χ0v) is 16.9. The molecule has 1 aliphatic heterocycles. The molecule has 1 aromatic heterocycles. The van der Waals surface area contributed by atoms with Crippen molar-refractivity contribution in [3.63, 3.8) is 0 Å². The predicted octanol–water partition coefficient (Wildman–Crippen LogP) is 2.40. The molecule has 0 saturated carbocycles. The number of ether oxygens (including phenoxy) is 1. The summed E-state index contributed by atoms with van der Waals surface area (Å²) in [7, 11) is 1.85. The average Bonchev–Trinajstić information content (AvgIpc) is 3.24. The Morgan fingerprint density at radius 2 is 2.11 bits per heavy atom. The molecule has 2 heterocycles. The molecule has 28 heavy (non-hydrogen) atoms. The monoisotopic (exact) mass is 385 g/mol. The van der Waals surface area contributed by atoms with Crippen LogP contribution in [0, 0.1) is 0 Å². The third-order valence-corrected chi connectivity index (χ3v) is 4.83. The number of nitrogens with zero attached hydrogens (tertiary/aromatic N) is 4. The Hall–Kier alpha value is -2.54. The van der Waals surface area contributed by atoms with E-state index >= 15 is 0 Å². The molecule has 3 rings (SSSR count). The lowest BCUT2D eigenvalue weighted by Gasteiger charge is -2.36. The van der Waals surface area contributed by atoms with Gasteiger partial charge in [-0.1, -0.05) is 24.2 Å². The van der Waals surface area contributed by atoms with Crippen molar-refractivity contribution in [2.75, 3.05) is 46.4 Å². The quantitative estimate of drug-likeness (QED) is 0.556. The molecule has 0 aliphatic carbocycles. The van der Waals surface area contributed by atoms with Crippen molar-refractivity contribution < 1.29 is 9.26 Å². The minimum Gasteiger partial charge on any atom is -0.494 e. The van der Waals surface area contributed by atoms with Crippen LogP contribution in [0.15, 0.2) is 46.1 Å². The van der Waals surface area contributed by atoms with Crippen LogP contribution in [-0.4, -0.2) is 67.3 Å². The van der Waals surface area contributed by atoms with Crippen molar-refractivity contribution in [3.05, 3.63) is 47.9 Å². The van der Waals surface area contributed by atoms with Crippen molar-refractivity contribution >= 4 is 5.96 Å². The molecule has 7 heteroatoms. The highest BCUT2D eigenvalue weighted by atomic mass is 16.5. The third-order valence-electron chi connectivity index (χ3n) is 4.83. The molecule has 0 amide bonds. The maximum Gasteiger partial charge on any atom is 0.193 e. The molecular weight excluding hydrogens is 354 g/mol. The van der Waals surface area contributed by atoms with Gasteiger partial charge in [0, 0.05) is 52.4 Å². The SMILES string of the molecule is CCCOc1cccc(CCNC(=NC)N2CCN(Cc3ccon3)CC2)c1. The number of benzene rings is 1. The molecule has 0 bridgehead atoms. The number of aliphatic imine (C=N–C) groups is 1. The molecule has 0 spiro atoms. The van der Waals surface area contributed by atoms with E-state index < -0.39 is 0 Å². The second-order valence-electron chi connectivity index (χ2n) is 6.97. The number of guanidine groups is 1. The van der Waals surface area contributed by atoms with Crippen LogP contribution < -0.4 is 10.1 Å². The number of hydrogen-bond donors (Lipinski definition) is 1. The first-order chi connectivity index (χ1) is 13.8. The first-order valence-corrected chi connectivity index (χ1v) is 10.1. The lowest BCUT2D eigenvalue weighted by atomic mass is 10.1. The Bertz CT molecular complexity index is 724. The van der Waals surface area contributed by atoms with Gasteiger partial charge >= 0.3 is 0 Å². The number of aromatic nitrogens is 1. The van der Waals surface area contributed by atoms with Crippen molar-refractivity contribution in [1.29, 1.82) is 0 Å². The summed E-state index contributed by atoms with van der Waals surface area (Å²) in [5.74, 6) is 1.92. The topological polar surface area (TPSA) is 66.1 Å². The first-order valence-electron chi connectivity index (χ1n) is 10.1. The van der Waals surface area contributed by atoms with Crippen LogP contribution in [-0.2, 0) is 13.0 Å². The lowest BCUT2D eigenvalue weighted by Crippen LogP contribution is -2.52. The Morgan fingerprint density at radius 1 is 1.25 bits per heavy atom. The standard InChI is InChI=1S/C21H31N5O2/c1-3-14-27-20-6-4-5-18(16-20)7-9-23-21(22-2)26-12-10-25(11-13-26)17-19-8-15-28-24-19/h4-6,8,15-16H,3,7,9-14,17H2,1-2H3,(H,22,23). The van der Waals surface area contributed by atoms with Crippen molar-refractivity contribution in [1.82, 2.24) is 20.3 Å². The molecule has 0 unspecified atom stereocenters. The fourth-order valence-corrected chi connectivity index (χ4v) is 3.33.